The van der Waals surface area contributed by atoms with Crippen molar-refractivity contribution in [3.8, 4) is 17.4 Å². The lowest BCUT2D eigenvalue weighted by Gasteiger charge is -2.05. The lowest BCUT2D eigenvalue weighted by molar-refractivity contribution is -0.383. The van der Waals surface area contributed by atoms with Gasteiger partial charge in [-0.15, -0.1) is 0 Å². The van der Waals surface area contributed by atoms with Gasteiger partial charge in [0.25, 0.3) is 11.6 Å². The van der Waals surface area contributed by atoms with Crippen LogP contribution >= 0.6 is 0 Å². The molecule has 3 rings (SSSR count). The van der Waals surface area contributed by atoms with E-state index in [1.54, 1.807) is 42.5 Å². The van der Waals surface area contributed by atoms with E-state index in [2.05, 4.69) is 5.32 Å². The topological polar surface area (TPSA) is 135 Å². The van der Waals surface area contributed by atoms with Gasteiger partial charge in [0.2, 0.25) is 0 Å². The molecule has 1 amide bonds. The van der Waals surface area contributed by atoms with Gasteiger partial charge < -0.3 is 14.5 Å². The summed E-state index contributed by atoms with van der Waals surface area (Å²) in [6.45, 7) is 2.38. The van der Waals surface area contributed by atoms with Gasteiger partial charge in [-0.2, -0.15) is 5.26 Å². The second-order valence-electron chi connectivity index (χ2n) is 7.17. The molecule has 0 aliphatic carbocycles. The average Bonchev–Trinajstić information content (AvgIpc) is 3.31. The standard InChI is InChI=1S/C25H21N3O6/c1-2-3-14-33-25(30)18-10-8-17(9-11-18)23-13-12-20(34-23)15-19(16-26)24(29)27-21-6-4-5-7-22(21)28(31)32/h4-13,15H,2-3,14H2,1H3,(H,27,29). The number of benzene rings is 2. The van der Waals surface area contributed by atoms with Gasteiger partial charge in [-0.1, -0.05) is 37.6 Å². The van der Waals surface area contributed by atoms with Crippen LogP contribution in [0, 0.1) is 21.4 Å². The van der Waals surface area contributed by atoms with E-state index in [4.69, 9.17) is 9.15 Å². The molecule has 3 aromatic rings. The van der Waals surface area contributed by atoms with Gasteiger partial charge in [0, 0.05) is 17.7 Å². The van der Waals surface area contributed by atoms with Crippen LogP contribution in [0.15, 0.2) is 70.7 Å². The molecule has 0 spiro atoms. The molecular formula is C25H21N3O6. The van der Waals surface area contributed by atoms with Crippen molar-refractivity contribution in [1.29, 1.82) is 5.26 Å². The molecule has 1 N–H and O–H groups in total. The third-order valence-corrected chi connectivity index (χ3v) is 4.76. The Kier molecular flexibility index (Phi) is 7.92. The predicted octanol–water partition coefficient (Wildman–Crippen LogP) is 5.36. The number of nitrogens with one attached hydrogen (secondary N) is 1. The van der Waals surface area contributed by atoms with E-state index in [1.165, 1.54) is 30.3 Å². The molecule has 1 aromatic heterocycles. The van der Waals surface area contributed by atoms with Crippen LogP contribution in [0.25, 0.3) is 17.4 Å². The van der Waals surface area contributed by atoms with Crippen molar-refractivity contribution in [2.45, 2.75) is 19.8 Å². The zero-order valence-corrected chi connectivity index (χ0v) is 18.3. The number of amides is 1. The first kappa shape index (κ1) is 23.9. The maximum absolute atomic E-state index is 12.5. The molecular weight excluding hydrogens is 438 g/mol. The third-order valence-electron chi connectivity index (χ3n) is 4.76. The van der Waals surface area contributed by atoms with Crippen LogP contribution in [-0.2, 0) is 9.53 Å². The largest absolute Gasteiger partial charge is 0.462 e. The molecule has 172 valence electrons. The summed E-state index contributed by atoms with van der Waals surface area (Å²) in [5, 5.41) is 22.9. The minimum Gasteiger partial charge on any atom is -0.462 e. The highest BCUT2D eigenvalue weighted by Gasteiger charge is 2.18. The van der Waals surface area contributed by atoms with E-state index >= 15 is 0 Å². The molecule has 0 unspecified atom stereocenters. The molecule has 0 saturated carbocycles. The maximum atomic E-state index is 12.5. The summed E-state index contributed by atoms with van der Waals surface area (Å²) < 4.78 is 10.9. The number of anilines is 1. The minimum atomic E-state index is -0.805. The number of esters is 1. The Morgan fingerprint density at radius 1 is 1.15 bits per heavy atom. The summed E-state index contributed by atoms with van der Waals surface area (Å²) in [7, 11) is 0. The molecule has 0 radical (unpaired) electrons. The first-order valence-corrected chi connectivity index (χ1v) is 10.5. The van der Waals surface area contributed by atoms with E-state index < -0.39 is 16.8 Å². The number of nitrogens with zero attached hydrogens (tertiary/aromatic N) is 2. The van der Waals surface area contributed by atoms with Gasteiger partial charge in [-0.25, -0.2) is 4.79 Å². The molecule has 0 fully saturated rings. The normalized spacial score (nSPS) is 10.9. The van der Waals surface area contributed by atoms with Crippen LogP contribution in [0.5, 0.6) is 0 Å². The van der Waals surface area contributed by atoms with Gasteiger partial charge in [0.15, 0.2) is 0 Å². The smallest absolute Gasteiger partial charge is 0.338 e. The summed E-state index contributed by atoms with van der Waals surface area (Å²) in [6.07, 6.45) is 2.98. The van der Waals surface area contributed by atoms with Crippen LogP contribution in [-0.4, -0.2) is 23.4 Å². The fraction of sp³-hybridized carbons (Fsp3) is 0.160. The van der Waals surface area contributed by atoms with Crippen molar-refractivity contribution in [1.82, 2.24) is 0 Å². The van der Waals surface area contributed by atoms with Gasteiger partial charge >= 0.3 is 5.97 Å². The number of unbranched alkanes of at least 4 members (excludes halogenated alkanes) is 1. The number of nitriles is 1. The molecule has 9 nitrogen and oxygen atoms in total. The molecule has 0 aliphatic heterocycles. The van der Waals surface area contributed by atoms with Crippen LogP contribution in [0.1, 0.15) is 35.9 Å². The lowest BCUT2D eigenvalue weighted by atomic mass is 10.1. The minimum absolute atomic E-state index is 0.0212. The molecule has 2 aromatic carbocycles. The highest BCUT2D eigenvalue weighted by atomic mass is 16.6. The summed E-state index contributed by atoms with van der Waals surface area (Å²) in [5.41, 5.74) is 0.514. The van der Waals surface area contributed by atoms with Crippen LogP contribution < -0.4 is 5.32 Å². The summed E-state index contributed by atoms with van der Waals surface area (Å²) in [5.74, 6) is -0.493. The fourth-order valence-corrected chi connectivity index (χ4v) is 2.97. The Labute approximate surface area is 195 Å². The molecule has 0 atom stereocenters. The average molecular weight is 459 g/mol. The van der Waals surface area contributed by atoms with Crippen LogP contribution in [0.3, 0.4) is 0 Å². The zero-order chi connectivity index (χ0) is 24.5. The monoisotopic (exact) mass is 459 g/mol. The van der Waals surface area contributed by atoms with E-state index in [0.717, 1.165) is 12.8 Å². The van der Waals surface area contributed by atoms with E-state index in [9.17, 15) is 25.0 Å². The first-order chi connectivity index (χ1) is 16.4. The molecule has 0 bridgehead atoms. The number of hydrogen-bond donors (Lipinski definition) is 1. The van der Waals surface area contributed by atoms with E-state index in [-0.39, 0.29) is 22.7 Å². The second-order valence-corrected chi connectivity index (χ2v) is 7.17. The number of ether oxygens (including phenoxy) is 1. The van der Waals surface area contributed by atoms with E-state index in [0.29, 0.717) is 23.5 Å². The van der Waals surface area contributed by atoms with Gasteiger partial charge in [-0.3, -0.25) is 14.9 Å². The molecule has 9 heteroatoms. The van der Waals surface area contributed by atoms with Crippen LogP contribution in [0.4, 0.5) is 11.4 Å². The van der Waals surface area contributed by atoms with Crippen molar-refractivity contribution >= 4 is 29.3 Å². The SMILES string of the molecule is CCCCOC(=O)c1ccc(-c2ccc(C=C(C#N)C(=O)Nc3ccccc3[N+](=O)[O-])o2)cc1. The number of para-hydroxylation sites is 2. The summed E-state index contributed by atoms with van der Waals surface area (Å²) in [6, 6.07) is 17.3. The fourth-order valence-electron chi connectivity index (χ4n) is 2.97. The zero-order valence-electron chi connectivity index (χ0n) is 18.3. The van der Waals surface area contributed by atoms with Gasteiger partial charge in [0.1, 0.15) is 28.9 Å². The number of rotatable bonds is 9. The Morgan fingerprint density at radius 3 is 2.56 bits per heavy atom. The third kappa shape index (κ3) is 5.95. The summed E-state index contributed by atoms with van der Waals surface area (Å²) >= 11 is 0. The molecule has 34 heavy (non-hydrogen) atoms. The van der Waals surface area contributed by atoms with Crippen molar-refractivity contribution < 1.29 is 23.7 Å². The summed E-state index contributed by atoms with van der Waals surface area (Å²) in [4.78, 5) is 35.0. The Hall–Kier alpha value is -4.71. The number of hydrogen-bond acceptors (Lipinski definition) is 7. The van der Waals surface area contributed by atoms with Crippen molar-refractivity contribution in [3.05, 3.63) is 87.7 Å². The number of nitro groups is 1. The maximum Gasteiger partial charge on any atom is 0.338 e. The van der Waals surface area contributed by atoms with Crippen molar-refractivity contribution in [3.63, 3.8) is 0 Å². The Morgan fingerprint density at radius 2 is 1.88 bits per heavy atom. The molecule has 0 aliphatic rings. The first-order valence-electron chi connectivity index (χ1n) is 10.5. The number of carbonyl (C=O) groups excluding carboxylic acids is 2. The lowest BCUT2D eigenvalue weighted by Crippen LogP contribution is -2.14. The quantitative estimate of drug-likeness (QED) is 0.114. The number of furan rings is 1. The van der Waals surface area contributed by atoms with Crippen LogP contribution in [0.2, 0.25) is 0 Å². The number of nitro benzene ring substituents is 1. The van der Waals surface area contributed by atoms with Crippen molar-refractivity contribution in [2.24, 2.45) is 0 Å². The van der Waals surface area contributed by atoms with E-state index in [1.807, 2.05) is 6.92 Å². The molecule has 0 saturated heterocycles. The highest BCUT2D eigenvalue weighted by molar-refractivity contribution is 6.10. The number of carbonyl (C=O) groups is 2. The predicted molar refractivity (Wildman–Crippen MR) is 125 cm³/mol. The molecule has 1 heterocycles. The van der Waals surface area contributed by atoms with Gasteiger partial charge in [0.05, 0.1) is 17.1 Å². The Bertz CT molecular complexity index is 1270. The Balaban J connectivity index is 1.73. The van der Waals surface area contributed by atoms with Crippen molar-refractivity contribution in [2.75, 3.05) is 11.9 Å². The van der Waals surface area contributed by atoms with Gasteiger partial charge in [-0.05, 0) is 36.8 Å². The second kappa shape index (κ2) is 11.2. The highest BCUT2D eigenvalue weighted by Crippen LogP contribution is 2.26.